The zero-order chi connectivity index (χ0) is 25.8. The molecule has 2 saturated heterocycles. The van der Waals surface area contributed by atoms with E-state index in [-0.39, 0.29) is 17.9 Å². The van der Waals surface area contributed by atoms with Crippen LogP contribution in [-0.4, -0.2) is 52.5 Å². The smallest absolute Gasteiger partial charge is 0.328 e. The summed E-state index contributed by atoms with van der Waals surface area (Å²) in [6.07, 6.45) is 10.1. The van der Waals surface area contributed by atoms with E-state index in [1.807, 2.05) is 18.3 Å². The van der Waals surface area contributed by atoms with Crippen molar-refractivity contribution in [2.45, 2.75) is 89.4 Å². The number of likely N-dealkylation sites (tertiary alicyclic amines) is 1. The molecule has 2 N–H and O–H groups in total. The number of urea groups is 1. The summed E-state index contributed by atoms with van der Waals surface area (Å²) in [6, 6.07) is 10.9. The van der Waals surface area contributed by atoms with E-state index in [2.05, 4.69) is 40.4 Å². The zero-order valence-electron chi connectivity index (χ0n) is 22.0. The van der Waals surface area contributed by atoms with Gasteiger partial charge in [-0.3, -0.25) is 20.1 Å². The van der Waals surface area contributed by atoms with Gasteiger partial charge in [-0.1, -0.05) is 38.3 Å². The third-order valence-electron chi connectivity index (χ3n) is 8.21. The molecule has 37 heavy (non-hydrogen) atoms. The number of aromatic nitrogens is 1. The second-order valence-electron chi connectivity index (χ2n) is 10.8. The molecule has 2 amide bonds. The first-order valence-corrected chi connectivity index (χ1v) is 13.9. The van der Waals surface area contributed by atoms with Gasteiger partial charge >= 0.3 is 6.03 Å². The normalized spacial score (nSPS) is 22.4. The van der Waals surface area contributed by atoms with Gasteiger partial charge < -0.3 is 5.32 Å². The molecule has 3 fully saturated rings. The first-order valence-electron chi connectivity index (χ1n) is 13.9. The molecule has 1 aromatic heterocycles. The molecule has 1 aromatic carbocycles. The minimum Gasteiger partial charge on any atom is -0.367 e. The Bertz CT molecular complexity index is 1120. The van der Waals surface area contributed by atoms with Crippen molar-refractivity contribution in [1.82, 2.24) is 15.2 Å². The van der Waals surface area contributed by atoms with E-state index in [9.17, 15) is 9.18 Å². The number of halogens is 1. The van der Waals surface area contributed by atoms with Gasteiger partial charge in [0.1, 0.15) is 23.0 Å². The van der Waals surface area contributed by atoms with Gasteiger partial charge in [-0.15, -0.1) is 0 Å². The Labute approximate surface area is 219 Å². The van der Waals surface area contributed by atoms with Crippen molar-refractivity contribution in [2.75, 3.05) is 23.3 Å². The summed E-state index contributed by atoms with van der Waals surface area (Å²) in [7, 11) is 0. The van der Waals surface area contributed by atoms with Gasteiger partial charge in [-0.05, 0) is 63.3 Å². The monoisotopic (exact) mass is 506 g/mol. The molecule has 3 heterocycles. The number of hydrogen-bond donors (Lipinski definition) is 2. The van der Waals surface area contributed by atoms with Crippen molar-refractivity contribution < 1.29 is 9.18 Å². The highest BCUT2D eigenvalue weighted by molar-refractivity contribution is 6.19. The van der Waals surface area contributed by atoms with Crippen LogP contribution in [-0.2, 0) is 6.54 Å². The number of benzene rings is 1. The molecule has 1 atom stereocenters. The van der Waals surface area contributed by atoms with Crippen LogP contribution in [0.25, 0.3) is 0 Å². The lowest BCUT2D eigenvalue weighted by Crippen LogP contribution is -2.57. The van der Waals surface area contributed by atoms with Gasteiger partial charge in [-0.25, -0.2) is 14.2 Å². The van der Waals surface area contributed by atoms with E-state index in [1.165, 1.54) is 37.0 Å². The molecule has 8 heteroatoms. The van der Waals surface area contributed by atoms with E-state index >= 15 is 0 Å². The van der Waals surface area contributed by atoms with Crippen LogP contribution in [0.1, 0.15) is 70.8 Å². The molecule has 1 saturated carbocycles. The van der Waals surface area contributed by atoms with Crippen molar-refractivity contribution in [3.63, 3.8) is 0 Å². The predicted molar refractivity (Wildman–Crippen MR) is 147 cm³/mol. The number of nitrogens with one attached hydrogen (secondary N) is 2. The van der Waals surface area contributed by atoms with Crippen LogP contribution in [0.4, 0.5) is 20.7 Å². The van der Waals surface area contributed by atoms with Gasteiger partial charge in [0, 0.05) is 43.1 Å². The van der Waals surface area contributed by atoms with E-state index in [1.54, 1.807) is 11.0 Å². The number of carbonyl (C=O) groups is 1. The van der Waals surface area contributed by atoms with Crippen LogP contribution in [0.5, 0.6) is 0 Å². The summed E-state index contributed by atoms with van der Waals surface area (Å²) < 4.78 is 14.2. The van der Waals surface area contributed by atoms with Crippen LogP contribution in [0.2, 0.25) is 0 Å². The molecule has 2 aromatic rings. The molecular weight excluding hydrogens is 467 g/mol. The fraction of sp³-hybridized carbons (Fsp3) is 0.552. The highest BCUT2D eigenvalue weighted by Crippen LogP contribution is 2.39. The van der Waals surface area contributed by atoms with Crippen molar-refractivity contribution in [3.05, 3.63) is 54.0 Å². The third-order valence-corrected chi connectivity index (χ3v) is 8.21. The largest absolute Gasteiger partial charge is 0.367 e. The van der Waals surface area contributed by atoms with E-state index in [4.69, 9.17) is 4.99 Å². The summed E-state index contributed by atoms with van der Waals surface area (Å²) in [5.41, 5.74) is 1.19. The lowest BCUT2D eigenvalue weighted by atomic mass is 9.84. The molecule has 0 radical (unpaired) electrons. The van der Waals surface area contributed by atoms with Crippen molar-refractivity contribution >= 4 is 23.4 Å². The van der Waals surface area contributed by atoms with Crippen molar-refractivity contribution in [3.8, 4) is 0 Å². The number of carbonyl (C=O) groups excluding carboxylic acids is 1. The standard InChI is InChI=1S/C29H39FN6O/c1-3-21(2)32-26-22(9-8-16-31-26)20-35-17-14-29(15-18-35)27(33-24-11-5-4-6-12-24)34-28(37)36(29)25-13-7-10-23(30)19-25/h7-10,13,16,19,21,24H,3-6,11-12,14-15,17-18,20H2,1-2H3,(H,31,32)(H,33,34,37). The SMILES string of the molecule is CCC(C)Nc1ncccc1CN1CCC2(CC1)C(=NC1CCCCC1)NC(=O)N2c1cccc(F)c1. The molecule has 3 aliphatic rings. The number of aliphatic imine (C=N–C) groups is 1. The van der Waals surface area contributed by atoms with Crippen molar-refractivity contribution in [1.29, 1.82) is 0 Å². The molecule has 7 nitrogen and oxygen atoms in total. The highest BCUT2D eigenvalue weighted by atomic mass is 19.1. The fourth-order valence-corrected chi connectivity index (χ4v) is 5.91. The van der Waals surface area contributed by atoms with Gasteiger partial charge in [0.2, 0.25) is 0 Å². The maximum Gasteiger partial charge on any atom is 0.328 e. The summed E-state index contributed by atoms with van der Waals surface area (Å²) in [5, 5.41) is 6.64. The van der Waals surface area contributed by atoms with Crippen LogP contribution >= 0.6 is 0 Å². The Kier molecular flexibility index (Phi) is 7.74. The van der Waals surface area contributed by atoms with Crippen molar-refractivity contribution in [2.24, 2.45) is 4.99 Å². The van der Waals surface area contributed by atoms with Gasteiger partial charge in [0.15, 0.2) is 0 Å². The molecule has 1 unspecified atom stereocenters. The number of rotatable bonds is 7. The Morgan fingerprint density at radius 1 is 1.19 bits per heavy atom. The Morgan fingerprint density at radius 2 is 1.97 bits per heavy atom. The lowest BCUT2D eigenvalue weighted by Gasteiger charge is -2.44. The Hall–Kier alpha value is -3.00. The second kappa shape index (κ2) is 11.2. The summed E-state index contributed by atoms with van der Waals surface area (Å²) >= 11 is 0. The Morgan fingerprint density at radius 3 is 2.70 bits per heavy atom. The predicted octanol–water partition coefficient (Wildman–Crippen LogP) is 5.73. The third kappa shape index (κ3) is 5.49. The number of anilines is 2. The second-order valence-corrected chi connectivity index (χ2v) is 10.8. The minimum absolute atomic E-state index is 0.207. The molecule has 2 aliphatic heterocycles. The molecule has 0 bridgehead atoms. The molecule has 1 spiro atoms. The quantitative estimate of drug-likeness (QED) is 0.503. The number of piperidine rings is 1. The first kappa shape index (κ1) is 25.6. The Balaban J connectivity index is 1.39. The highest BCUT2D eigenvalue weighted by Gasteiger charge is 2.53. The van der Waals surface area contributed by atoms with E-state index < -0.39 is 5.54 Å². The summed E-state index contributed by atoms with van der Waals surface area (Å²) in [5.74, 6) is 1.37. The molecule has 1 aliphatic carbocycles. The average Bonchev–Trinajstić information content (AvgIpc) is 3.17. The molecule has 198 valence electrons. The maximum absolute atomic E-state index is 14.2. The number of amides is 2. The lowest BCUT2D eigenvalue weighted by molar-refractivity contribution is 0.184. The van der Waals surface area contributed by atoms with E-state index in [0.29, 0.717) is 11.7 Å². The number of nitrogens with zero attached hydrogens (tertiary/aromatic N) is 4. The summed E-state index contributed by atoms with van der Waals surface area (Å²) in [4.78, 5) is 27.3. The molecular formula is C29H39FN6O. The topological polar surface area (TPSA) is 72.9 Å². The summed E-state index contributed by atoms with van der Waals surface area (Å²) in [6.45, 7) is 6.74. The van der Waals surface area contributed by atoms with Crippen LogP contribution in [0.3, 0.4) is 0 Å². The van der Waals surface area contributed by atoms with Gasteiger partial charge in [0.05, 0.1) is 6.04 Å². The van der Waals surface area contributed by atoms with Crippen LogP contribution in [0, 0.1) is 5.82 Å². The van der Waals surface area contributed by atoms with Crippen LogP contribution in [0.15, 0.2) is 47.6 Å². The first-order chi connectivity index (χ1) is 18.0. The number of amidine groups is 1. The minimum atomic E-state index is -0.578. The fourth-order valence-electron chi connectivity index (χ4n) is 5.91. The number of pyridine rings is 1. The van der Waals surface area contributed by atoms with Gasteiger partial charge in [-0.2, -0.15) is 0 Å². The van der Waals surface area contributed by atoms with Gasteiger partial charge in [0.25, 0.3) is 0 Å². The zero-order valence-corrected chi connectivity index (χ0v) is 22.0. The van der Waals surface area contributed by atoms with E-state index in [0.717, 1.165) is 63.4 Å². The molecule has 5 rings (SSSR count). The number of hydrogen-bond acceptors (Lipinski definition) is 5. The average molecular weight is 507 g/mol. The maximum atomic E-state index is 14.2. The van der Waals surface area contributed by atoms with Crippen LogP contribution < -0.4 is 15.5 Å².